The van der Waals surface area contributed by atoms with E-state index in [4.69, 9.17) is 0 Å². The van der Waals surface area contributed by atoms with E-state index in [1.54, 1.807) is 18.2 Å². The largest absolute Gasteiger partial charge is 0.268 e. The minimum absolute atomic E-state index is 0.0558. The van der Waals surface area contributed by atoms with Crippen LogP contribution in [0.1, 0.15) is 15.9 Å². The Morgan fingerprint density at radius 1 is 1.40 bits per heavy atom. The summed E-state index contributed by atoms with van der Waals surface area (Å²) in [5.74, 6) is -0.559. The predicted molar refractivity (Wildman–Crippen MR) is 55.0 cm³/mol. The molecule has 4 nitrogen and oxygen atoms in total. The van der Waals surface area contributed by atoms with Gasteiger partial charge in [-0.15, -0.1) is 6.58 Å². The molecule has 0 spiro atoms. The summed E-state index contributed by atoms with van der Waals surface area (Å²) in [5.41, 5.74) is 1.09. The number of carbonyl (C=O) groups excluding carboxylic acids is 1. The van der Waals surface area contributed by atoms with Crippen LogP contribution in [0.2, 0.25) is 0 Å². The molecule has 1 aliphatic heterocycles. The molecule has 1 aromatic rings. The van der Waals surface area contributed by atoms with Crippen molar-refractivity contribution in [3.05, 3.63) is 42.0 Å². The van der Waals surface area contributed by atoms with Gasteiger partial charge in [0, 0.05) is 0 Å². The van der Waals surface area contributed by atoms with E-state index in [0.717, 1.165) is 5.56 Å². The minimum atomic E-state index is -3.61. The second kappa shape index (κ2) is 3.20. The van der Waals surface area contributed by atoms with Crippen LogP contribution in [0.3, 0.4) is 0 Å². The Balaban J connectivity index is 2.60. The van der Waals surface area contributed by atoms with Crippen molar-refractivity contribution in [3.63, 3.8) is 0 Å². The number of rotatable bonds is 2. The maximum Gasteiger partial charge on any atom is 0.266 e. The molecule has 2 rings (SSSR count). The zero-order valence-corrected chi connectivity index (χ0v) is 8.67. The van der Waals surface area contributed by atoms with Crippen molar-refractivity contribution in [1.82, 2.24) is 4.72 Å². The molecule has 1 N–H and O–H groups in total. The summed E-state index contributed by atoms with van der Waals surface area (Å²) in [6, 6.07) is 4.70. The number of amides is 1. The van der Waals surface area contributed by atoms with Crippen LogP contribution in [0.4, 0.5) is 0 Å². The average molecular weight is 223 g/mol. The summed E-state index contributed by atoms with van der Waals surface area (Å²) < 4.78 is 24.7. The van der Waals surface area contributed by atoms with Crippen LogP contribution in [0.25, 0.3) is 0 Å². The molecule has 78 valence electrons. The van der Waals surface area contributed by atoms with Crippen molar-refractivity contribution in [1.29, 1.82) is 0 Å². The number of nitrogens with one attached hydrogen (secondary N) is 1. The van der Waals surface area contributed by atoms with Crippen LogP contribution >= 0.6 is 0 Å². The lowest BCUT2D eigenvalue weighted by molar-refractivity contribution is 0.0985. The molecule has 1 aliphatic rings. The molecule has 0 atom stereocenters. The summed E-state index contributed by atoms with van der Waals surface area (Å²) in [4.78, 5) is 11.4. The van der Waals surface area contributed by atoms with Gasteiger partial charge in [0.1, 0.15) is 4.90 Å². The Kier molecular flexibility index (Phi) is 2.12. The molecule has 1 aromatic carbocycles. The van der Waals surface area contributed by atoms with Gasteiger partial charge in [-0.05, 0) is 24.1 Å². The maximum atomic E-state index is 11.4. The fourth-order valence-corrected chi connectivity index (χ4v) is 2.67. The molecular weight excluding hydrogens is 214 g/mol. The van der Waals surface area contributed by atoms with E-state index in [0.29, 0.717) is 6.42 Å². The van der Waals surface area contributed by atoms with Gasteiger partial charge in [0.2, 0.25) is 0 Å². The molecule has 0 unspecified atom stereocenters. The first-order valence-electron chi connectivity index (χ1n) is 4.35. The van der Waals surface area contributed by atoms with Crippen molar-refractivity contribution in [3.8, 4) is 0 Å². The van der Waals surface area contributed by atoms with Crippen LogP contribution in [0.15, 0.2) is 35.7 Å². The maximum absolute atomic E-state index is 11.4. The third-order valence-electron chi connectivity index (χ3n) is 2.19. The van der Waals surface area contributed by atoms with Crippen LogP contribution < -0.4 is 4.72 Å². The predicted octanol–water partition coefficient (Wildman–Crippen LogP) is 0.847. The van der Waals surface area contributed by atoms with Crippen molar-refractivity contribution >= 4 is 15.9 Å². The van der Waals surface area contributed by atoms with Gasteiger partial charge in [0.25, 0.3) is 15.9 Å². The van der Waals surface area contributed by atoms with E-state index in [-0.39, 0.29) is 10.5 Å². The molecule has 0 aromatic heterocycles. The Hall–Kier alpha value is -1.62. The first kappa shape index (κ1) is 9.92. The van der Waals surface area contributed by atoms with Crippen molar-refractivity contribution in [2.24, 2.45) is 0 Å². The highest BCUT2D eigenvalue weighted by molar-refractivity contribution is 7.90. The summed E-state index contributed by atoms with van der Waals surface area (Å²) in [6.07, 6.45) is 2.31. The Bertz CT molecular complexity index is 546. The molecule has 5 heteroatoms. The zero-order valence-electron chi connectivity index (χ0n) is 7.86. The summed E-state index contributed by atoms with van der Waals surface area (Å²) in [6.45, 7) is 3.58. The van der Waals surface area contributed by atoms with Crippen LogP contribution in [-0.4, -0.2) is 14.3 Å². The summed E-state index contributed by atoms with van der Waals surface area (Å²) >= 11 is 0. The fourth-order valence-electron chi connectivity index (χ4n) is 1.51. The van der Waals surface area contributed by atoms with E-state index >= 15 is 0 Å². The number of carbonyl (C=O) groups is 1. The van der Waals surface area contributed by atoms with E-state index in [1.165, 1.54) is 6.07 Å². The monoisotopic (exact) mass is 223 g/mol. The number of hydrogen-bond donors (Lipinski definition) is 1. The molecule has 0 bridgehead atoms. The van der Waals surface area contributed by atoms with Gasteiger partial charge in [-0.1, -0.05) is 12.1 Å². The average Bonchev–Trinajstić information content (AvgIpc) is 2.38. The highest BCUT2D eigenvalue weighted by atomic mass is 32.2. The smallest absolute Gasteiger partial charge is 0.266 e. The van der Waals surface area contributed by atoms with Gasteiger partial charge in [0.15, 0.2) is 0 Å². The van der Waals surface area contributed by atoms with E-state index in [9.17, 15) is 13.2 Å². The van der Waals surface area contributed by atoms with Crippen molar-refractivity contribution < 1.29 is 13.2 Å². The molecular formula is C10H9NO3S. The highest BCUT2D eigenvalue weighted by Crippen LogP contribution is 2.23. The zero-order chi connectivity index (χ0) is 11.1. The topological polar surface area (TPSA) is 63.2 Å². The lowest BCUT2D eigenvalue weighted by atomic mass is 10.1. The third-order valence-corrected chi connectivity index (χ3v) is 3.57. The van der Waals surface area contributed by atoms with Gasteiger partial charge in [-0.2, -0.15) is 0 Å². The minimum Gasteiger partial charge on any atom is -0.268 e. The lowest BCUT2D eigenvalue weighted by Crippen LogP contribution is -2.20. The number of allylic oxidation sites excluding steroid dienone is 1. The molecule has 0 aliphatic carbocycles. The SMILES string of the molecule is C=CCc1ccc2c(c1)C(=O)NS2(=O)=O. The number of sulfonamides is 1. The second-order valence-electron chi connectivity index (χ2n) is 3.26. The van der Waals surface area contributed by atoms with E-state index in [1.807, 2.05) is 4.72 Å². The summed E-state index contributed by atoms with van der Waals surface area (Å²) in [7, 11) is -3.61. The third kappa shape index (κ3) is 1.55. The molecule has 0 fully saturated rings. The van der Waals surface area contributed by atoms with Crippen LogP contribution in [-0.2, 0) is 16.4 Å². The molecule has 15 heavy (non-hydrogen) atoms. The van der Waals surface area contributed by atoms with E-state index in [2.05, 4.69) is 6.58 Å². The lowest BCUT2D eigenvalue weighted by Gasteiger charge is -1.98. The molecule has 0 saturated heterocycles. The Labute approximate surface area is 87.7 Å². The van der Waals surface area contributed by atoms with Crippen LogP contribution in [0.5, 0.6) is 0 Å². The van der Waals surface area contributed by atoms with Crippen molar-refractivity contribution in [2.75, 3.05) is 0 Å². The Morgan fingerprint density at radius 2 is 2.13 bits per heavy atom. The number of hydrogen-bond acceptors (Lipinski definition) is 3. The van der Waals surface area contributed by atoms with Gasteiger partial charge in [-0.25, -0.2) is 13.1 Å². The van der Waals surface area contributed by atoms with Crippen molar-refractivity contribution in [2.45, 2.75) is 11.3 Å². The number of benzene rings is 1. The molecule has 1 heterocycles. The molecule has 1 amide bonds. The Morgan fingerprint density at radius 3 is 2.80 bits per heavy atom. The van der Waals surface area contributed by atoms with Gasteiger partial charge < -0.3 is 0 Å². The normalized spacial score (nSPS) is 16.9. The quantitative estimate of drug-likeness (QED) is 0.756. The fraction of sp³-hybridized carbons (Fsp3) is 0.100. The second-order valence-corrected chi connectivity index (χ2v) is 4.91. The van der Waals surface area contributed by atoms with Gasteiger partial charge in [0.05, 0.1) is 5.56 Å². The van der Waals surface area contributed by atoms with Crippen LogP contribution in [0, 0.1) is 0 Å². The molecule has 0 radical (unpaired) electrons. The van der Waals surface area contributed by atoms with Gasteiger partial charge in [-0.3, -0.25) is 4.79 Å². The first-order valence-corrected chi connectivity index (χ1v) is 5.84. The first-order chi connectivity index (χ1) is 7.04. The van der Waals surface area contributed by atoms with Gasteiger partial charge >= 0.3 is 0 Å². The highest BCUT2D eigenvalue weighted by Gasteiger charge is 2.32. The van der Waals surface area contributed by atoms with E-state index < -0.39 is 15.9 Å². The molecule has 0 saturated carbocycles. The number of fused-ring (bicyclic) bond motifs is 1. The summed E-state index contributed by atoms with van der Waals surface area (Å²) in [5, 5.41) is 0. The standard InChI is InChI=1S/C10H9NO3S/c1-2-3-7-4-5-9-8(6-7)10(12)11-15(9,13)14/h2,4-6H,1,3H2,(H,11,12).